The van der Waals surface area contributed by atoms with Crippen molar-refractivity contribution in [2.45, 2.75) is 59.0 Å². The van der Waals surface area contributed by atoms with Gasteiger partial charge in [-0.25, -0.2) is 4.98 Å². The fourth-order valence-corrected chi connectivity index (χ4v) is 3.22. The first kappa shape index (κ1) is 13.6. The van der Waals surface area contributed by atoms with Crippen LogP contribution in [0.15, 0.2) is 18.7 Å². The molecule has 0 aliphatic heterocycles. The third kappa shape index (κ3) is 3.84. The summed E-state index contributed by atoms with van der Waals surface area (Å²) in [5, 5.41) is 3.74. The number of rotatable bonds is 5. The lowest BCUT2D eigenvalue weighted by atomic mass is 9.70. The van der Waals surface area contributed by atoms with Crippen molar-refractivity contribution in [1.82, 2.24) is 14.9 Å². The summed E-state index contributed by atoms with van der Waals surface area (Å²) in [4.78, 5) is 4.06. The monoisotopic (exact) mass is 249 g/mol. The molecule has 1 N–H and O–H groups in total. The van der Waals surface area contributed by atoms with Gasteiger partial charge in [0, 0.05) is 25.0 Å². The van der Waals surface area contributed by atoms with Gasteiger partial charge in [-0.15, -0.1) is 0 Å². The third-order valence-corrected chi connectivity index (χ3v) is 4.25. The Labute approximate surface area is 111 Å². The minimum Gasteiger partial charge on any atom is -0.337 e. The zero-order valence-electron chi connectivity index (χ0n) is 12.0. The summed E-state index contributed by atoms with van der Waals surface area (Å²) in [7, 11) is 0. The molecule has 0 spiro atoms. The number of imidazole rings is 1. The molecule has 18 heavy (non-hydrogen) atoms. The van der Waals surface area contributed by atoms with Gasteiger partial charge in [-0.2, -0.15) is 0 Å². The van der Waals surface area contributed by atoms with E-state index in [1.807, 2.05) is 18.7 Å². The molecule has 0 bridgehead atoms. The largest absolute Gasteiger partial charge is 0.337 e. The first-order chi connectivity index (χ1) is 8.57. The van der Waals surface area contributed by atoms with Crippen LogP contribution in [0.25, 0.3) is 0 Å². The van der Waals surface area contributed by atoms with Crippen LogP contribution in [0.1, 0.15) is 46.5 Å². The molecule has 3 heteroatoms. The van der Waals surface area contributed by atoms with E-state index in [1.165, 1.54) is 25.7 Å². The molecule has 3 nitrogen and oxygen atoms in total. The molecule has 2 rings (SSSR count). The topological polar surface area (TPSA) is 29.9 Å². The number of aryl methyl sites for hydroxylation is 1. The van der Waals surface area contributed by atoms with Gasteiger partial charge in [-0.05, 0) is 43.6 Å². The molecule has 0 aromatic carbocycles. The highest BCUT2D eigenvalue weighted by molar-refractivity contribution is 4.86. The average molecular weight is 249 g/mol. The van der Waals surface area contributed by atoms with E-state index in [4.69, 9.17) is 0 Å². The first-order valence-electron chi connectivity index (χ1n) is 7.26. The Balaban J connectivity index is 1.65. The average Bonchev–Trinajstić information content (AvgIpc) is 2.78. The Morgan fingerprint density at radius 3 is 2.94 bits per heavy atom. The number of hydrogen-bond donors (Lipinski definition) is 1. The van der Waals surface area contributed by atoms with Crippen LogP contribution in [0.3, 0.4) is 0 Å². The number of nitrogens with zero attached hydrogens (tertiary/aromatic N) is 2. The molecule has 102 valence electrons. The van der Waals surface area contributed by atoms with Crippen molar-refractivity contribution < 1.29 is 0 Å². The van der Waals surface area contributed by atoms with Gasteiger partial charge in [0.1, 0.15) is 0 Å². The molecule has 2 unspecified atom stereocenters. The normalized spacial score (nSPS) is 27.3. The summed E-state index contributed by atoms with van der Waals surface area (Å²) in [5.41, 5.74) is 0.550. The summed E-state index contributed by atoms with van der Waals surface area (Å²) in [6.07, 6.45) is 11.0. The smallest absolute Gasteiger partial charge is 0.0945 e. The van der Waals surface area contributed by atoms with E-state index in [1.54, 1.807) is 0 Å². The van der Waals surface area contributed by atoms with Crippen molar-refractivity contribution in [2.75, 3.05) is 6.54 Å². The predicted octanol–water partition coefficient (Wildman–Crippen LogP) is 3.08. The van der Waals surface area contributed by atoms with Crippen molar-refractivity contribution in [2.24, 2.45) is 11.3 Å². The lowest BCUT2D eigenvalue weighted by molar-refractivity contribution is 0.149. The molecule has 0 radical (unpaired) electrons. The molecule has 1 fully saturated rings. The summed E-state index contributed by atoms with van der Waals surface area (Å²) < 4.78 is 2.15. The molecule has 1 saturated carbocycles. The van der Waals surface area contributed by atoms with Crippen molar-refractivity contribution in [1.29, 1.82) is 0 Å². The molecule has 1 aliphatic rings. The second-order valence-corrected chi connectivity index (χ2v) is 6.60. The highest BCUT2D eigenvalue weighted by Gasteiger charge is 2.31. The SMILES string of the molecule is CC1CC(C)(C)CCC1NCCCn1ccnc1. The van der Waals surface area contributed by atoms with Crippen LogP contribution in [0.5, 0.6) is 0 Å². The van der Waals surface area contributed by atoms with Crippen LogP contribution in [-0.4, -0.2) is 22.1 Å². The van der Waals surface area contributed by atoms with Crippen LogP contribution in [0.2, 0.25) is 0 Å². The van der Waals surface area contributed by atoms with Crippen molar-refractivity contribution >= 4 is 0 Å². The highest BCUT2D eigenvalue weighted by Crippen LogP contribution is 2.38. The summed E-state index contributed by atoms with van der Waals surface area (Å²) in [5.74, 6) is 0.807. The standard InChI is InChI=1S/C15H27N3/c1-13-11-15(2,3)6-5-14(13)17-7-4-9-18-10-8-16-12-18/h8,10,12-14,17H,4-7,9,11H2,1-3H3. The first-order valence-corrected chi connectivity index (χ1v) is 7.26. The fraction of sp³-hybridized carbons (Fsp3) is 0.800. The Morgan fingerprint density at radius 1 is 1.44 bits per heavy atom. The van der Waals surface area contributed by atoms with Crippen molar-refractivity contribution in [3.63, 3.8) is 0 Å². The highest BCUT2D eigenvalue weighted by atomic mass is 15.0. The van der Waals surface area contributed by atoms with E-state index in [-0.39, 0.29) is 0 Å². The molecule has 1 aliphatic carbocycles. The number of hydrogen-bond acceptors (Lipinski definition) is 2. The molecular formula is C15H27N3. The molecule has 0 saturated heterocycles. The quantitative estimate of drug-likeness (QED) is 0.813. The van der Waals surface area contributed by atoms with Gasteiger partial charge in [-0.3, -0.25) is 0 Å². The minimum atomic E-state index is 0.550. The van der Waals surface area contributed by atoms with Gasteiger partial charge in [0.2, 0.25) is 0 Å². The van der Waals surface area contributed by atoms with E-state index < -0.39 is 0 Å². The molecule has 1 heterocycles. The van der Waals surface area contributed by atoms with Crippen LogP contribution in [0.4, 0.5) is 0 Å². The fourth-order valence-electron chi connectivity index (χ4n) is 3.22. The Morgan fingerprint density at radius 2 is 2.28 bits per heavy atom. The summed E-state index contributed by atoms with van der Waals surface area (Å²) in [6, 6.07) is 0.723. The molecule has 1 aromatic heterocycles. The molecule has 1 aromatic rings. The number of aromatic nitrogens is 2. The van der Waals surface area contributed by atoms with Gasteiger partial charge in [0.25, 0.3) is 0 Å². The van der Waals surface area contributed by atoms with Crippen molar-refractivity contribution in [3.8, 4) is 0 Å². The van der Waals surface area contributed by atoms with Crippen LogP contribution in [0, 0.1) is 11.3 Å². The second kappa shape index (κ2) is 5.87. The van der Waals surface area contributed by atoms with Gasteiger partial charge >= 0.3 is 0 Å². The molecule has 2 atom stereocenters. The van der Waals surface area contributed by atoms with Crippen molar-refractivity contribution in [3.05, 3.63) is 18.7 Å². The minimum absolute atomic E-state index is 0.550. The Kier molecular flexibility index (Phi) is 4.44. The zero-order valence-corrected chi connectivity index (χ0v) is 12.0. The Hall–Kier alpha value is -0.830. The maximum absolute atomic E-state index is 4.06. The van der Waals surface area contributed by atoms with Crippen LogP contribution in [-0.2, 0) is 6.54 Å². The maximum atomic E-state index is 4.06. The van der Waals surface area contributed by atoms with Gasteiger partial charge in [0.05, 0.1) is 6.33 Å². The maximum Gasteiger partial charge on any atom is 0.0945 e. The van der Waals surface area contributed by atoms with E-state index >= 15 is 0 Å². The van der Waals surface area contributed by atoms with E-state index in [2.05, 4.69) is 35.6 Å². The third-order valence-electron chi connectivity index (χ3n) is 4.25. The second-order valence-electron chi connectivity index (χ2n) is 6.60. The van der Waals surface area contributed by atoms with E-state index in [0.29, 0.717) is 5.41 Å². The lowest BCUT2D eigenvalue weighted by Crippen LogP contribution is -2.42. The summed E-state index contributed by atoms with van der Waals surface area (Å²) in [6.45, 7) is 9.39. The predicted molar refractivity (Wildman–Crippen MR) is 75.4 cm³/mol. The van der Waals surface area contributed by atoms with Crippen LogP contribution < -0.4 is 5.32 Å². The Bertz CT molecular complexity index is 343. The molecular weight excluding hydrogens is 222 g/mol. The van der Waals surface area contributed by atoms with Gasteiger partial charge in [-0.1, -0.05) is 20.8 Å². The molecule has 0 amide bonds. The number of nitrogens with one attached hydrogen (secondary N) is 1. The lowest BCUT2D eigenvalue weighted by Gasteiger charge is -2.39. The van der Waals surface area contributed by atoms with Gasteiger partial charge < -0.3 is 9.88 Å². The van der Waals surface area contributed by atoms with Gasteiger partial charge in [0.15, 0.2) is 0 Å². The van der Waals surface area contributed by atoms with Crippen LogP contribution >= 0.6 is 0 Å². The zero-order chi connectivity index (χ0) is 13.0. The van der Waals surface area contributed by atoms with E-state index in [0.717, 1.165) is 25.0 Å². The summed E-state index contributed by atoms with van der Waals surface area (Å²) >= 11 is 0. The van der Waals surface area contributed by atoms with E-state index in [9.17, 15) is 0 Å².